The van der Waals surface area contributed by atoms with E-state index in [1.165, 1.54) is 0 Å². The first kappa shape index (κ1) is 26.7. The number of benzene rings is 2. The molecule has 1 fully saturated rings. The molecule has 1 heterocycles. The van der Waals surface area contributed by atoms with Crippen LogP contribution in [-0.4, -0.2) is 16.2 Å². The number of nitrogens with one attached hydrogen (secondary N) is 1. The lowest BCUT2D eigenvalue weighted by atomic mass is 10.1. The Bertz CT molecular complexity index is 1240. The minimum atomic E-state index is -1.39. The van der Waals surface area contributed by atoms with Crippen LogP contribution in [0.4, 0.5) is 0 Å². The number of nitriles is 1. The molecule has 0 radical (unpaired) electrons. The van der Waals surface area contributed by atoms with E-state index in [4.69, 9.17) is 14.7 Å². The van der Waals surface area contributed by atoms with Gasteiger partial charge in [-0.15, -0.1) is 6.58 Å². The first-order valence-electron chi connectivity index (χ1n) is 11.7. The number of allylic oxidation sites excluding steroid dienone is 3. The zero-order chi connectivity index (χ0) is 26.1. The molecule has 2 aliphatic rings. The SMILES string of the molecule is C=CC.C=CC1=C(/C(=C\C)Oc2ccc(C#N)cc2)CCC1Oc1ccc(C2CC(=O)NS2=O)cc1. The molecule has 1 aliphatic heterocycles. The highest BCUT2D eigenvalue weighted by molar-refractivity contribution is 7.84. The number of carbonyl (C=O) groups is 1. The molecular weight excluding hydrogens is 472 g/mol. The van der Waals surface area contributed by atoms with Crippen LogP contribution in [0.2, 0.25) is 0 Å². The number of amides is 1. The highest BCUT2D eigenvalue weighted by Crippen LogP contribution is 2.36. The van der Waals surface area contributed by atoms with Crippen molar-refractivity contribution in [2.45, 2.75) is 44.5 Å². The highest BCUT2D eigenvalue weighted by Gasteiger charge is 2.31. The maximum atomic E-state index is 12.0. The van der Waals surface area contributed by atoms with Gasteiger partial charge in [-0.1, -0.05) is 30.9 Å². The van der Waals surface area contributed by atoms with Crippen molar-refractivity contribution in [1.82, 2.24) is 4.72 Å². The third-order valence-electron chi connectivity index (χ3n) is 5.72. The topological polar surface area (TPSA) is 88.4 Å². The smallest absolute Gasteiger partial charge is 0.233 e. The third kappa shape index (κ3) is 6.41. The molecule has 1 saturated heterocycles. The molecule has 36 heavy (non-hydrogen) atoms. The molecular formula is C29H30N2O4S. The minimum Gasteiger partial charge on any atom is -0.486 e. The molecule has 1 N–H and O–H groups in total. The van der Waals surface area contributed by atoms with Crippen LogP contribution < -0.4 is 14.2 Å². The average molecular weight is 503 g/mol. The number of rotatable bonds is 7. The Balaban J connectivity index is 0.00000115. The van der Waals surface area contributed by atoms with Gasteiger partial charge in [0.25, 0.3) is 0 Å². The zero-order valence-electron chi connectivity index (χ0n) is 20.5. The van der Waals surface area contributed by atoms with Crippen molar-refractivity contribution in [2.24, 2.45) is 0 Å². The lowest BCUT2D eigenvalue weighted by molar-refractivity contribution is -0.118. The van der Waals surface area contributed by atoms with E-state index in [0.717, 1.165) is 35.3 Å². The first-order chi connectivity index (χ1) is 17.4. The summed E-state index contributed by atoms with van der Waals surface area (Å²) in [5.74, 6) is 1.91. The second-order valence-electron chi connectivity index (χ2n) is 8.17. The Hall–Kier alpha value is -3.89. The summed E-state index contributed by atoms with van der Waals surface area (Å²) in [5, 5.41) is 8.65. The molecule has 3 unspecified atom stereocenters. The van der Waals surface area contributed by atoms with E-state index >= 15 is 0 Å². The fourth-order valence-electron chi connectivity index (χ4n) is 4.07. The van der Waals surface area contributed by atoms with Crippen molar-refractivity contribution in [3.63, 3.8) is 0 Å². The molecule has 2 aromatic rings. The van der Waals surface area contributed by atoms with Crippen LogP contribution in [-0.2, 0) is 15.8 Å². The average Bonchev–Trinajstić information content (AvgIpc) is 3.45. The predicted octanol–water partition coefficient (Wildman–Crippen LogP) is 5.98. The van der Waals surface area contributed by atoms with E-state index in [0.29, 0.717) is 17.1 Å². The summed E-state index contributed by atoms with van der Waals surface area (Å²) in [4.78, 5) is 11.5. The second-order valence-corrected chi connectivity index (χ2v) is 9.54. The number of nitrogens with zero attached hydrogens (tertiary/aromatic N) is 1. The molecule has 2 aromatic carbocycles. The van der Waals surface area contributed by atoms with E-state index in [1.54, 1.807) is 30.3 Å². The van der Waals surface area contributed by atoms with Crippen LogP contribution in [0, 0.1) is 11.3 Å². The van der Waals surface area contributed by atoms with E-state index in [2.05, 4.69) is 23.9 Å². The van der Waals surface area contributed by atoms with Crippen molar-refractivity contribution >= 4 is 16.9 Å². The molecule has 6 nitrogen and oxygen atoms in total. The van der Waals surface area contributed by atoms with Crippen LogP contribution in [0.3, 0.4) is 0 Å². The van der Waals surface area contributed by atoms with E-state index in [1.807, 2.05) is 50.3 Å². The molecule has 7 heteroatoms. The Morgan fingerprint density at radius 3 is 2.28 bits per heavy atom. The second kappa shape index (κ2) is 12.7. The standard InChI is InChI=1S/C26H24N2O4S.C3H6/c1-3-21-22(23(4-2)31-19-9-5-17(16-27)6-10-19)13-14-24(21)32-20-11-7-18(8-12-20)25-15-26(29)28-33(25)30;1-3-2/h3-12,24-25H,1,13-15H2,2H3,(H,28,29);3H,1H2,2H3/b23-4+;. The van der Waals surface area contributed by atoms with Crippen molar-refractivity contribution in [1.29, 1.82) is 5.26 Å². The van der Waals surface area contributed by atoms with Crippen molar-refractivity contribution in [3.05, 3.63) is 108 Å². The number of hydrogen-bond acceptors (Lipinski definition) is 5. The molecule has 0 aromatic heterocycles. The Labute approximate surface area is 215 Å². The van der Waals surface area contributed by atoms with Crippen LogP contribution in [0.15, 0.2) is 96.8 Å². The Morgan fingerprint density at radius 2 is 1.75 bits per heavy atom. The fourth-order valence-corrected chi connectivity index (χ4v) is 5.22. The minimum absolute atomic E-state index is 0.160. The fraction of sp³-hybridized carbons (Fsp3) is 0.241. The third-order valence-corrected chi connectivity index (χ3v) is 7.10. The summed E-state index contributed by atoms with van der Waals surface area (Å²) >= 11 is 0. The summed E-state index contributed by atoms with van der Waals surface area (Å²) in [6.07, 6.45) is 7.13. The van der Waals surface area contributed by atoms with E-state index in [9.17, 15) is 9.00 Å². The summed E-state index contributed by atoms with van der Waals surface area (Å²) in [6.45, 7) is 11.2. The maximum Gasteiger partial charge on any atom is 0.233 e. The van der Waals surface area contributed by atoms with E-state index < -0.39 is 11.0 Å². The molecule has 4 rings (SSSR count). The predicted molar refractivity (Wildman–Crippen MR) is 142 cm³/mol. The molecule has 186 valence electrons. The lowest BCUT2D eigenvalue weighted by Crippen LogP contribution is -2.15. The van der Waals surface area contributed by atoms with Crippen LogP contribution in [0.5, 0.6) is 11.5 Å². The van der Waals surface area contributed by atoms with Gasteiger partial charge in [-0.25, -0.2) is 4.21 Å². The largest absolute Gasteiger partial charge is 0.486 e. The van der Waals surface area contributed by atoms with Gasteiger partial charge >= 0.3 is 0 Å². The van der Waals surface area contributed by atoms with Gasteiger partial charge in [-0.05, 0) is 80.3 Å². The van der Waals surface area contributed by atoms with Crippen LogP contribution >= 0.6 is 0 Å². The monoisotopic (exact) mass is 502 g/mol. The molecule has 0 spiro atoms. The van der Waals surface area contributed by atoms with Crippen LogP contribution in [0.25, 0.3) is 0 Å². The molecule has 1 aliphatic carbocycles. The van der Waals surface area contributed by atoms with Gasteiger partial charge in [0.1, 0.15) is 34.3 Å². The lowest BCUT2D eigenvalue weighted by Gasteiger charge is -2.17. The molecule has 0 saturated carbocycles. The number of hydrogen-bond donors (Lipinski definition) is 1. The summed E-state index contributed by atoms with van der Waals surface area (Å²) < 4.78 is 26.8. The Morgan fingerprint density at radius 1 is 1.11 bits per heavy atom. The summed E-state index contributed by atoms with van der Waals surface area (Å²) in [7, 11) is -1.39. The first-order valence-corrected chi connectivity index (χ1v) is 12.9. The van der Waals surface area contributed by atoms with Crippen molar-refractivity contribution in [2.75, 3.05) is 0 Å². The van der Waals surface area contributed by atoms with Gasteiger partial charge < -0.3 is 9.47 Å². The maximum absolute atomic E-state index is 12.0. The van der Waals surface area contributed by atoms with Crippen molar-refractivity contribution in [3.8, 4) is 17.6 Å². The normalized spacial score (nSPS) is 21.1. The van der Waals surface area contributed by atoms with Gasteiger partial charge in [-0.2, -0.15) is 5.26 Å². The van der Waals surface area contributed by atoms with Gasteiger partial charge in [0.2, 0.25) is 5.91 Å². The molecule has 3 atom stereocenters. The summed E-state index contributed by atoms with van der Waals surface area (Å²) in [5.41, 5.74) is 3.45. The summed E-state index contributed by atoms with van der Waals surface area (Å²) in [6, 6.07) is 16.5. The zero-order valence-corrected chi connectivity index (χ0v) is 21.3. The Kier molecular flexibility index (Phi) is 9.43. The molecule has 1 amide bonds. The van der Waals surface area contributed by atoms with Gasteiger partial charge in [0.15, 0.2) is 0 Å². The number of carbonyl (C=O) groups excluding carboxylic acids is 1. The van der Waals surface area contributed by atoms with Crippen molar-refractivity contribution < 1.29 is 18.5 Å². The van der Waals surface area contributed by atoms with E-state index in [-0.39, 0.29) is 23.7 Å². The van der Waals surface area contributed by atoms with Gasteiger partial charge in [0, 0.05) is 12.0 Å². The van der Waals surface area contributed by atoms with Crippen LogP contribution in [0.1, 0.15) is 49.5 Å². The molecule has 0 bridgehead atoms. The highest BCUT2D eigenvalue weighted by atomic mass is 32.2. The van der Waals surface area contributed by atoms with Gasteiger partial charge in [0.05, 0.1) is 16.9 Å². The number of ether oxygens (including phenoxy) is 2. The quantitative estimate of drug-likeness (QED) is 0.372. The van der Waals surface area contributed by atoms with Gasteiger partial charge in [-0.3, -0.25) is 9.52 Å².